The van der Waals surface area contributed by atoms with Crippen molar-refractivity contribution in [1.82, 2.24) is 10.5 Å². The maximum absolute atomic E-state index is 12.5. The summed E-state index contributed by atoms with van der Waals surface area (Å²) < 4.78 is 41.7. The first kappa shape index (κ1) is 17.0. The Labute approximate surface area is 141 Å². The monoisotopic (exact) mass is 348 g/mol. The molecule has 130 valence electrons. The van der Waals surface area contributed by atoms with Gasteiger partial charge in [-0.15, -0.1) is 0 Å². The zero-order valence-corrected chi connectivity index (χ0v) is 13.3. The van der Waals surface area contributed by atoms with Gasteiger partial charge in [0, 0.05) is 12.1 Å². The number of rotatable bonds is 4. The number of benzene rings is 2. The van der Waals surface area contributed by atoms with E-state index in [9.17, 15) is 18.0 Å². The molecule has 1 heterocycles. The quantitative estimate of drug-likeness (QED) is 0.768. The van der Waals surface area contributed by atoms with Crippen molar-refractivity contribution in [2.75, 3.05) is 0 Å². The van der Waals surface area contributed by atoms with Crippen LogP contribution in [0.1, 0.15) is 28.7 Å². The van der Waals surface area contributed by atoms with E-state index in [0.29, 0.717) is 12.5 Å². The highest BCUT2D eigenvalue weighted by molar-refractivity contribution is 5.92. The van der Waals surface area contributed by atoms with E-state index in [-0.39, 0.29) is 6.04 Å². The lowest BCUT2D eigenvalue weighted by Crippen LogP contribution is -2.34. The fraction of sp³-hybridized carbons (Fsp3) is 0.222. The number of carbonyl (C=O) groups excluding carboxylic acids is 1. The van der Waals surface area contributed by atoms with Gasteiger partial charge in [0.15, 0.2) is 5.69 Å². The Balaban J connectivity index is 1.70. The van der Waals surface area contributed by atoms with Crippen molar-refractivity contribution in [3.05, 3.63) is 65.5 Å². The van der Waals surface area contributed by atoms with Gasteiger partial charge in [0.2, 0.25) is 5.76 Å². The average Bonchev–Trinajstić information content (AvgIpc) is 3.05. The highest BCUT2D eigenvalue weighted by Crippen LogP contribution is 2.29. The molecule has 0 spiro atoms. The van der Waals surface area contributed by atoms with E-state index in [0.717, 1.165) is 16.3 Å². The van der Waals surface area contributed by atoms with Gasteiger partial charge in [0.05, 0.1) is 0 Å². The molecule has 3 rings (SSSR count). The van der Waals surface area contributed by atoms with Gasteiger partial charge in [-0.2, -0.15) is 13.2 Å². The Kier molecular flexibility index (Phi) is 4.48. The summed E-state index contributed by atoms with van der Waals surface area (Å²) >= 11 is 0. The molecule has 0 aliphatic carbocycles. The normalized spacial score (nSPS) is 13.0. The molecule has 3 aromatic rings. The van der Waals surface area contributed by atoms with E-state index < -0.39 is 23.5 Å². The summed E-state index contributed by atoms with van der Waals surface area (Å²) in [6.07, 6.45) is -4.13. The third-order valence-electron chi connectivity index (χ3n) is 3.81. The average molecular weight is 348 g/mol. The van der Waals surface area contributed by atoms with Crippen molar-refractivity contribution in [2.45, 2.75) is 25.6 Å². The van der Waals surface area contributed by atoms with Gasteiger partial charge in [-0.05, 0) is 29.7 Å². The molecular weight excluding hydrogens is 333 g/mol. The molecule has 0 aliphatic rings. The van der Waals surface area contributed by atoms with E-state index in [4.69, 9.17) is 0 Å². The van der Waals surface area contributed by atoms with Crippen molar-refractivity contribution in [3.8, 4) is 0 Å². The second-order valence-corrected chi connectivity index (χ2v) is 5.79. The number of carbonyl (C=O) groups is 1. The summed E-state index contributed by atoms with van der Waals surface area (Å²) in [4.78, 5) is 12.0. The SMILES string of the molecule is CC(Cc1cccc2ccccc12)NC(=O)c1cc(C(F)(F)F)on1. The third kappa shape index (κ3) is 3.81. The molecule has 0 saturated heterocycles. The first-order valence-corrected chi connectivity index (χ1v) is 7.66. The van der Waals surface area contributed by atoms with Crippen LogP contribution in [0.5, 0.6) is 0 Å². The number of hydrogen-bond acceptors (Lipinski definition) is 3. The Morgan fingerprint density at radius 3 is 2.64 bits per heavy atom. The Hall–Kier alpha value is -2.83. The Bertz CT molecular complexity index is 897. The predicted octanol–water partition coefficient (Wildman–Crippen LogP) is 4.21. The van der Waals surface area contributed by atoms with Crippen LogP contribution in [0, 0.1) is 0 Å². The molecule has 2 aromatic carbocycles. The molecule has 0 bridgehead atoms. The Morgan fingerprint density at radius 2 is 1.92 bits per heavy atom. The van der Waals surface area contributed by atoms with Gasteiger partial charge < -0.3 is 9.84 Å². The van der Waals surface area contributed by atoms with Crippen molar-refractivity contribution >= 4 is 16.7 Å². The highest BCUT2D eigenvalue weighted by Gasteiger charge is 2.36. The fourth-order valence-corrected chi connectivity index (χ4v) is 2.66. The molecule has 0 radical (unpaired) electrons. The first-order valence-electron chi connectivity index (χ1n) is 7.66. The summed E-state index contributed by atoms with van der Waals surface area (Å²) in [6, 6.07) is 14.1. The van der Waals surface area contributed by atoms with Crippen LogP contribution in [0.2, 0.25) is 0 Å². The van der Waals surface area contributed by atoms with E-state index in [1.54, 1.807) is 6.92 Å². The van der Waals surface area contributed by atoms with E-state index in [1.807, 2.05) is 42.5 Å². The maximum Gasteiger partial charge on any atom is 0.452 e. The van der Waals surface area contributed by atoms with E-state index in [2.05, 4.69) is 15.0 Å². The number of nitrogens with one attached hydrogen (secondary N) is 1. The van der Waals surface area contributed by atoms with E-state index in [1.165, 1.54) is 0 Å². The van der Waals surface area contributed by atoms with Crippen LogP contribution in [0.25, 0.3) is 10.8 Å². The lowest BCUT2D eigenvalue weighted by molar-refractivity contribution is -0.155. The van der Waals surface area contributed by atoms with Crippen LogP contribution in [0.3, 0.4) is 0 Å². The lowest BCUT2D eigenvalue weighted by Gasteiger charge is -2.14. The molecule has 4 nitrogen and oxygen atoms in total. The number of fused-ring (bicyclic) bond motifs is 1. The molecular formula is C18H15F3N2O2. The molecule has 0 fully saturated rings. The molecule has 7 heteroatoms. The standard InChI is InChI=1S/C18H15F3N2O2/c1-11(9-13-7-4-6-12-5-2-3-8-14(12)13)22-17(24)15-10-16(25-23-15)18(19,20)21/h2-8,10-11H,9H2,1H3,(H,22,24). The summed E-state index contributed by atoms with van der Waals surface area (Å²) in [5.74, 6) is -1.99. The van der Waals surface area contributed by atoms with Crippen molar-refractivity contribution < 1.29 is 22.5 Å². The molecule has 1 atom stereocenters. The number of nitrogens with zero attached hydrogens (tertiary/aromatic N) is 1. The van der Waals surface area contributed by atoms with Gasteiger partial charge in [0.1, 0.15) is 0 Å². The number of aromatic nitrogens is 1. The van der Waals surface area contributed by atoms with Gasteiger partial charge in [-0.1, -0.05) is 47.6 Å². The zero-order valence-electron chi connectivity index (χ0n) is 13.3. The zero-order chi connectivity index (χ0) is 18.0. The maximum atomic E-state index is 12.5. The van der Waals surface area contributed by atoms with Crippen LogP contribution in [-0.4, -0.2) is 17.1 Å². The van der Waals surface area contributed by atoms with Crippen molar-refractivity contribution in [3.63, 3.8) is 0 Å². The molecule has 1 aromatic heterocycles. The topological polar surface area (TPSA) is 55.1 Å². The summed E-state index contributed by atoms with van der Waals surface area (Å²) in [5.41, 5.74) is 0.652. The summed E-state index contributed by atoms with van der Waals surface area (Å²) in [7, 11) is 0. The minimum atomic E-state index is -4.67. The highest BCUT2D eigenvalue weighted by atomic mass is 19.4. The van der Waals surface area contributed by atoms with Crippen LogP contribution >= 0.6 is 0 Å². The van der Waals surface area contributed by atoms with Gasteiger partial charge in [-0.3, -0.25) is 4.79 Å². The fourth-order valence-electron chi connectivity index (χ4n) is 2.66. The smallest absolute Gasteiger partial charge is 0.351 e. The molecule has 1 amide bonds. The molecule has 0 aliphatic heterocycles. The Morgan fingerprint density at radius 1 is 1.20 bits per heavy atom. The van der Waals surface area contributed by atoms with Crippen LogP contribution in [0.4, 0.5) is 13.2 Å². The molecule has 25 heavy (non-hydrogen) atoms. The van der Waals surface area contributed by atoms with E-state index >= 15 is 0 Å². The van der Waals surface area contributed by atoms with Crippen LogP contribution < -0.4 is 5.32 Å². The third-order valence-corrected chi connectivity index (χ3v) is 3.81. The van der Waals surface area contributed by atoms with Crippen LogP contribution in [-0.2, 0) is 12.6 Å². The number of halogens is 3. The van der Waals surface area contributed by atoms with Gasteiger partial charge >= 0.3 is 6.18 Å². The predicted molar refractivity (Wildman–Crippen MR) is 86.1 cm³/mol. The molecule has 1 unspecified atom stereocenters. The largest absolute Gasteiger partial charge is 0.452 e. The van der Waals surface area contributed by atoms with Gasteiger partial charge in [0.25, 0.3) is 5.91 Å². The summed E-state index contributed by atoms with van der Waals surface area (Å²) in [5, 5.41) is 7.99. The second kappa shape index (κ2) is 6.58. The lowest BCUT2D eigenvalue weighted by atomic mass is 9.99. The first-order chi connectivity index (χ1) is 11.8. The minimum absolute atomic E-state index is 0.288. The number of amides is 1. The van der Waals surface area contributed by atoms with Gasteiger partial charge in [-0.25, -0.2) is 0 Å². The molecule has 0 saturated carbocycles. The van der Waals surface area contributed by atoms with Crippen molar-refractivity contribution in [1.29, 1.82) is 0 Å². The van der Waals surface area contributed by atoms with Crippen LogP contribution in [0.15, 0.2) is 53.1 Å². The molecule has 1 N–H and O–H groups in total. The second-order valence-electron chi connectivity index (χ2n) is 5.79. The number of alkyl halides is 3. The number of hydrogen-bond donors (Lipinski definition) is 1. The minimum Gasteiger partial charge on any atom is -0.351 e. The summed E-state index contributed by atoms with van der Waals surface area (Å²) in [6.45, 7) is 1.78. The van der Waals surface area contributed by atoms with Crippen molar-refractivity contribution in [2.24, 2.45) is 0 Å².